The molecule has 2 aromatic rings. The molecule has 0 bridgehead atoms. The van der Waals surface area contributed by atoms with Crippen molar-refractivity contribution in [3.05, 3.63) is 46.6 Å². The number of hydrogen-bond donors (Lipinski definition) is 1. The van der Waals surface area contributed by atoms with Gasteiger partial charge in [0.1, 0.15) is 6.04 Å². The zero-order valence-electron chi connectivity index (χ0n) is 11.0. The van der Waals surface area contributed by atoms with Gasteiger partial charge in [0.25, 0.3) is 0 Å². The second-order valence-corrected chi connectivity index (χ2v) is 6.56. The molecular formula is C14H16ClN3OS. The zero-order chi connectivity index (χ0) is 13.9. The third-order valence-corrected chi connectivity index (χ3v) is 5.15. The Hall–Kier alpha value is -1.04. The van der Waals surface area contributed by atoms with E-state index in [0.29, 0.717) is 16.2 Å². The molecule has 2 atom stereocenters. The van der Waals surface area contributed by atoms with E-state index in [4.69, 9.17) is 21.9 Å². The molecule has 1 fully saturated rings. The van der Waals surface area contributed by atoms with Crippen molar-refractivity contribution in [2.45, 2.75) is 30.6 Å². The smallest absolute Gasteiger partial charge is 0.248 e. The minimum Gasteiger partial charge on any atom is -0.337 e. The number of nitrogens with two attached hydrogens (primary N) is 1. The highest BCUT2D eigenvalue weighted by molar-refractivity contribution is 7.99. The van der Waals surface area contributed by atoms with Crippen molar-refractivity contribution in [3.63, 3.8) is 0 Å². The van der Waals surface area contributed by atoms with Crippen LogP contribution in [0.25, 0.3) is 0 Å². The average Bonchev–Trinajstić information content (AvgIpc) is 2.98. The fraction of sp³-hybridized carbons (Fsp3) is 0.429. The number of hydrogen-bond acceptors (Lipinski definition) is 5. The van der Waals surface area contributed by atoms with E-state index in [2.05, 4.69) is 10.1 Å². The molecule has 1 aromatic heterocycles. The van der Waals surface area contributed by atoms with E-state index < -0.39 is 6.04 Å². The summed E-state index contributed by atoms with van der Waals surface area (Å²) in [5.74, 6) is 2.34. The second kappa shape index (κ2) is 6.16. The third kappa shape index (κ3) is 2.85. The number of nitrogens with zero attached hydrogens (tertiary/aromatic N) is 2. The molecule has 4 nitrogen and oxygen atoms in total. The molecule has 6 heteroatoms. The molecule has 2 N–H and O–H groups in total. The van der Waals surface area contributed by atoms with Gasteiger partial charge in [0.05, 0.1) is 5.25 Å². The molecule has 0 radical (unpaired) electrons. The fourth-order valence-electron chi connectivity index (χ4n) is 2.31. The summed E-state index contributed by atoms with van der Waals surface area (Å²) in [6, 6.07) is 6.99. The maximum absolute atomic E-state index is 6.17. The molecule has 0 aliphatic carbocycles. The lowest BCUT2D eigenvalue weighted by molar-refractivity contribution is 0.361. The fourth-order valence-corrected chi connectivity index (χ4v) is 3.80. The lowest BCUT2D eigenvalue weighted by atomic mass is 10.1. The molecule has 2 heterocycles. The number of rotatable bonds is 3. The molecule has 1 aliphatic rings. The van der Waals surface area contributed by atoms with Crippen LogP contribution in [0.15, 0.2) is 28.8 Å². The summed E-state index contributed by atoms with van der Waals surface area (Å²) < 4.78 is 5.33. The van der Waals surface area contributed by atoms with E-state index in [-0.39, 0.29) is 0 Å². The first-order valence-electron chi connectivity index (χ1n) is 6.71. The van der Waals surface area contributed by atoms with Crippen LogP contribution in [-0.2, 0) is 0 Å². The first-order chi connectivity index (χ1) is 9.75. The van der Waals surface area contributed by atoms with Crippen molar-refractivity contribution < 1.29 is 4.52 Å². The highest BCUT2D eigenvalue weighted by atomic mass is 35.5. The Balaban J connectivity index is 1.81. The quantitative estimate of drug-likeness (QED) is 0.936. The molecule has 20 heavy (non-hydrogen) atoms. The Morgan fingerprint density at radius 2 is 2.20 bits per heavy atom. The Morgan fingerprint density at radius 1 is 1.35 bits per heavy atom. The monoisotopic (exact) mass is 309 g/mol. The summed E-state index contributed by atoms with van der Waals surface area (Å²) in [7, 11) is 0. The van der Waals surface area contributed by atoms with Crippen LogP contribution < -0.4 is 5.73 Å². The molecule has 1 unspecified atom stereocenters. The van der Waals surface area contributed by atoms with E-state index in [9.17, 15) is 0 Å². The highest BCUT2D eigenvalue weighted by Gasteiger charge is 2.24. The minimum atomic E-state index is -0.474. The van der Waals surface area contributed by atoms with Crippen LogP contribution in [0.4, 0.5) is 0 Å². The van der Waals surface area contributed by atoms with Crippen molar-refractivity contribution in [2.75, 3.05) is 5.75 Å². The van der Waals surface area contributed by atoms with Crippen LogP contribution in [0, 0.1) is 0 Å². The van der Waals surface area contributed by atoms with Gasteiger partial charge in [-0.25, -0.2) is 0 Å². The predicted molar refractivity (Wildman–Crippen MR) is 80.8 cm³/mol. The maximum atomic E-state index is 6.17. The average molecular weight is 310 g/mol. The third-order valence-electron chi connectivity index (χ3n) is 3.43. The minimum absolute atomic E-state index is 0.333. The molecule has 106 valence electrons. The molecule has 1 aromatic carbocycles. The van der Waals surface area contributed by atoms with Gasteiger partial charge < -0.3 is 10.3 Å². The van der Waals surface area contributed by atoms with Crippen LogP contribution in [0.5, 0.6) is 0 Å². The summed E-state index contributed by atoms with van der Waals surface area (Å²) >= 11 is 8.04. The van der Waals surface area contributed by atoms with E-state index in [1.165, 1.54) is 12.8 Å². The summed E-state index contributed by atoms with van der Waals surface area (Å²) in [6.45, 7) is 0. The van der Waals surface area contributed by atoms with Gasteiger partial charge in [-0.2, -0.15) is 16.7 Å². The van der Waals surface area contributed by atoms with Gasteiger partial charge in [0.15, 0.2) is 5.82 Å². The largest absolute Gasteiger partial charge is 0.337 e. The Labute approximate surface area is 127 Å². The second-order valence-electron chi connectivity index (χ2n) is 4.85. The van der Waals surface area contributed by atoms with Crippen molar-refractivity contribution in [2.24, 2.45) is 5.73 Å². The Bertz CT molecular complexity index is 583. The predicted octanol–water partition coefficient (Wildman–Crippen LogP) is 3.73. The van der Waals surface area contributed by atoms with Crippen molar-refractivity contribution >= 4 is 23.4 Å². The molecule has 1 aliphatic heterocycles. The number of halogens is 1. The first kappa shape index (κ1) is 13.9. The van der Waals surface area contributed by atoms with E-state index in [1.807, 2.05) is 36.0 Å². The first-order valence-corrected chi connectivity index (χ1v) is 8.13. The number of thioether (sulfide) groups is 1. The molecule has 0 spiro atoms. The van der Waals surface area contributed by atoms with Gasteiger partial charge in [0.2, 0.25) is 5.89 Å². The maximum Gasteiger partial charge on any atom is 0.248 e. The normalized spacial score (nSPS) is 20.8. The van der Waals surface area contributed by atoms with Crippen molar-refractivity contribution in [1.29, 1.82) is 0 Å². The molecule has 1 saturated heterocycles. The molecule has 0 amide bonds. The number of aromatic nitrogens is 2. The lowest BCUT2D eigenvalue weighted by Crippen LogP contribution is -2.13. The standard InChI is InChI=1S/C14H16ClN3OS/c15-10-6-2-1-5-9(10)12(16)14-17-13(18-19-14)11-7-3-4-8-20-11/h1-2,5-6,11-12H,3-4,7-8,16H2/t11?,12-/m1/s1. The SMILES string of the molecule is N[C@@H](c1nc(C2CCCCS2)no1)c1ccccc1Cl. The Kier molecular flexibility index (Phi) is 4.29. The van der Waals surface area contributed by atoms with Crippen LogP contribution in [0.3, 0.4) is 0 Å². The van der Waals surface area contributed by atoms with E-state index >= 15 is 0 Å². The Morgan fingerprint density at radius 3 is 2.95 bits per heavy atom. The van der Waals surface area contributed by atoms with E-state index in [1.54, 1.807) is 0 Å². The van der Waals surface area contributed by atoms with Crippen LogP contribution >= 0.6 is 23.4 Å². The van der Waals surface area contributed by atoms with Gasteiger partial charge in [-0.3, -0.25) is 0 Å². The van der Waals surface area contributed by atoms with Crippen molar-refractivity contribution in [1.82, 2.24) is 10.1 Å². The van der Waals surface area contributed by atoms with Gasteiger partial charge >= 0.3 is 0 Å². The van der Waals surface area contributed by atoms with Crippen molar-refractivity contribution in [3.8, 4) is 0 Å². The molecule has 0 saturated carbocycles. The highest BCUT2D eigenvalue weighted by Crippen LogP contribution is 2.37. The number of benzene rings is 1. The van der Waals surface area contributed by atoms with Gasteiger partial charge in [-0.1, -0.05) is 41.4 Å². The van der Waals surface area contributed by atoms with Crippen LogP contribution in [0.1, 0.15) is 47.8 Å². The summed E-state index contributed by atoms with van der Waals surface area (Å²) in [4.78, 5) is 4.47. The van der Waals surface area contributed by atoms with Gasteiger partial charge in [-0.05, 0) is 30.2 Å². The summed E-state index contributed by atoms with van der Waals surface area (Å²) in [6.07, 6.45) is 3.59. The summed E-state index contributed by atoms with van der Waals surface area (Å²) in [5.41, 5.74) is 6.98. The van der Waals surface area contributed by atoms with Gasteiger partial charge in [-0.15, -0.1) is 0 Å². The lowest BCUT2D eigenvalue weighted by Gasteiger charge is -2.17. The summed E-state index contributed by atoms with van der Waals surface area (Å²) in [5, 5.41) is 5.04. The van der Waals surface area contributed by atoms with Crippen LogP contribution in [-0.4, -0.2) is 15.9 Å². The molecular weight excluding hydrogens is 294 g/mol. The van der Waals surface area contributed by atoms with E-state index in [0.717, 1.165) is 23.6 Å². The van der Waals surface area contributed by atoms with Crippen LogP contribution in [0.2, 0.25) is 5.02 Å². The molecule has 3 rings (SSSR count). The zero-order valence-corrected chi connectivity index (χ0v) is 12.5. The topological polar surface area (TPSA) is 64.9 Å². The van der Waals surface area contributed by atoms with Gasteiger partial charge in [0, 0.05) is 5.02 Å².